The zero-order valence-electron chi connectivity index (χ0n) is 12.7. The minimum absolute atomic E-state index is 0.0651. The van der Waals surface area contributed by atoms with Crippen molar-refractivity contribution in [2.45, 2.75) is 32.2 Å². The number of ether oxygens (including phenoxy) is 1. The van der Waals surface area contributed by atoms with E-state index in [0.29, 0.717) is 18.4 Å². The highest BCUT2D eigenvalue weighted by Gasteiger charge is 2.18. The Labute approximate surface area is 125 Å². The normalized spacial score (nSPS) is 19.2. The number of hydrogen-bond donors (Lipinski definition) is 1. The van der Waals surface area contributed by atoms with Crippen molar-refractivity contribution in [3.05, 3.63) is 28.3 Å². The number of hydrogen-bond acceptors (Lipinski definition) is 5. The molecule has 1 heterocycles. The maximum atomic E-state index is 11.0. The average Bonchev–Trinajstić information content (AvgIpc) is 2.45. The van der Waals surface area contributed by atoms with E-state index in [-0.39, 0.29) is 10.6 Å². The Balaban J connectivity index is 2.12. The second-order valence-corrected chi connectivity index (χ2v) is 5.57. The molecule has 1 saturated heterocycles. The van der Waals surface area contributed by atoms with Gasteiger partial charge in [0.1, 0.15) is 5.75 Å². The lowest BCUT2D eigenvalue weighted by Crippen LogP contribution is -2.39. The van der Waals surface area contributed by atoms with Crippen LogP contribution in [0.3, 0.4) is 0 Å². The molecule has 0 aliphatic carbocycles. The average molecular weight is 293 g/mol. The van der Waals surface area contributed by atoms with Crippen LogP contribution in [-0.4, -0.2) is 42.6 Å². The minimum Gasteiger partial charge on any atom is -0.493 e. The Bertz CT molecular complexity index is 493. The number of nitro groups is 1. The molecule has 6 nitrogen and oxygen atoms in total. The molecule has 1 aliphatic rings. The molecule has 0 spiro atoms. The Morgan fingerprint density at radius 1 is 1.48 bits per heavy atom. The lowest BCUT2D eigenvalue weighted by molar-refractivity contribution is -0.384. The summed E-state index contributed by atoms with van der Waals surface area (Å²) in [5.41, 5.74) is 0.825. The van der Waals surface area contributed by atoms with E-state index in [1.165, 1.54) is 6.07 Å². The molecule has 0 amide bonds. The highest BCUT2D eigenvalue weighted by molar-refractivity contribution is 5.57. The monoisotopic (exact) mass is 293 g/mol. The van der Waals surface area contributed by atoms with Gasteiger partial charge >= 0.3 is 0 Å². The number of nitro benzene ring substituents is 1. The maximum absolute atomic E-state index is 11.0. The van der Waals surface area contributed by atoms with Crippen molar-refractivity contribution in [3.63, 3.8) is 0 Å². The van der Waals surface area contributed by atoms with Crippen molar-refractivity contribution in [2.75, 3.05) is 32.1 Å². The van der Waals surface area contributed by atoms with Gasteiger partial charge in [-0.1, -0.05) is 6.92 Å². The summed E-state index contributed by atoms with van der Waals surface area (Å²) >= 11 is 0. The topological polar surface area (TPSA) is 67.6 Å². The van der Waals surface area contributed by atoms with Crippen LogP contribution in [0.1, 0.15) is 26.2 Å². The van der Waals surface area contributed by atoms with Crippen LogP contribution in [0.15, 0.2) is 18.2 Å². The Morgan fingerprint density at radius 3 is 2.95 bits per heavy atom. The number of nitrogens with one attached hydrogen (secondary N) is 1. The molecule has 0 bridgehead atoms. The van der Waals surface area contributed by atoms with Crippen LogP contribution in [0.2, 0.25) is 0 Å². The Kier molecular flexibility index (Phi) is 5.38. The Morgan fingerprint density at radius 2 is 2.29 bits per heavy atom. The summed E-state index contributed by atoms with van der Waals surface area (Å²) in [6.07, 6.45) is 3.10. The lowest BCUT2D eigenvalue weighted by Gasteiger charge is -2.30. The number of non-ortho nitro benzene ring substituents is 1. The fourth-order valence-corrected chi connectivity index (χ4v) is 2.60. The van der Waals surface area contributed by atoms with Crippen LogP contribution in [0, 0.1) is 10.1 Å². The zero-order chi connectivity index (χ0) is 15.2. The molecule has 1 N–H and O–H groups in total. The van der Waals surface area contributed by atoms with E-state index in [9.17, 15) is 10.1 Å². The number of rotatable bonds is 6. The Hall–Kier alpha value is -1.82. The summed E-state index contributed by atoms with van der Waals surface area (Å²) in [5, 5.41) is 14.4. The second-order valence-electron chi connectivity index (χ2n) is 5.57. The molecule has 0 aromatic heterocycles. The van der Waals surface area contributed by atoms with Crippen molar-refractivity contribution in [1.29, 1.82) is 0 Å². The van der Waals surface area contributed by atoms with Crippen molar-refractivity contribution in [1.82, 2.24) is 4.90 Å². The van der Waals surface area contributed by atoms with Gasteiger partial charge in [-0.3, -0.25) is 10.1 Å². The molecular weight excluding hydrogens is 270 g/mol. The van der Waals surface area contributed by atoms with Gasteiger partial charge in [0.05, 0.1) is 17.6 Å². The summed E-state index contributed by atoms with van der Waals surface area (Å²) in [6.45, 7) is 4.63. The summed E-state index contributed by atoms with van der Waals surface area (Å²) < 4.78 is 5.54. The zero-order valence-corrected chi connectivity index (χ0v) is 12.7. The minimum atomic E-state index is -0.378. The smallest absolute Gasteiger partial charge is 0.275 e. The quantitative estimate of drug-likeness (QED) is 0.645. The van der Waals surface area contributed by atoms with E-state index >= 15 is 0 Å². The standard InChI is InChI=1S/C15H23N3O3/c1-3-7-21-15-9-13(8-14(10-15)18(19)20)16-12-5-4-6-17(2)11-12/h8-10,12,16H,3-7,11H2,1-2H3. The third-order valence-electron chi connectivity index (χ3n) is 3.57. The molecule has 2 rings (SSSR count). The molecule has 6 heteroatoms. The van der Waals surface area contributed by atoms with E-state index in [1.54, 1.807) is 6.07 Å². The molecule has 116 valence electrons. The molecule has 1 aromatic rings. The fraction of sp³-hybridized carbons (Fsp3) is 0.600. The van der Waals surface area contributed by atoms with E-state index in [2.05, 4.69) is 17.3 Å². The van der Waals surface area contributed by atoms with Gasteiger partial charge in [-0.05, 0) is 32.9 Å². The molecular formula is C15H23N3O3. The predicted octanol–water partition coefficient (Wildman–Crippen LogP) is 2.89. The van der Waals surface area contributed by atoms with Crippen LogP contribution in [0.25, 0.3) is 0 Å². The summed E-state index contributed by atoms with van der Waals surface area (Å²) in [5.74, 6) is 0.553. The number of likely N-dealkylation sites (tertiary alicyclic amines) is 1. The second kappa shape index (κ2) is 7.26. The first-order valence-corrected chi connectivity index (χ1v) is 7.46. The molecule has 1 unspecified atom stereocenters. The van der Waals surface area contributed by atoms with Gasteiger partial charge in [0.25, 0.3) is 5.69 Å². The van der Waals surface area contributed by atoms with Crippen LogP contribution >= 0.6 is 0 Å². The lowest BCUT2D eigenvalue weighted by atomic mass is 10.1. The van der Waals surface area contributed by atoms with E-state index in [4.69, 9.17) is 4.74 Å². The first-order chi connectivity index (χ1) is 10.1. The van der Waals surface area contributed by atoms with Gasteiger partial charge in [-0.25, -0.2) is 0 Å². The van der Waals surface area contributed by atoms with Crippen LogP contribution < -0.4 is 10.1 Å². The fourth-order valence-electron chi connectivity index (χ4n) is 2.60. The van der Waals surface area contributed by atoms with E-state index in [0.717, 1.165) is 38.0 Å². The number of anilines is 1. The highest BCUT2D eigenvalue weighted by atomic mass is 16.6. The SMILES string of the molecule is CCCOc1cc(NC2CCCN(C)C2)cc([N+](=O)[O-])c1. The van der Waals surface area contributed by atoms with Crippen molar-refractivity contribution in [2.24, 2.45) is 0 Å². The number of benzene rings is 1. The summed E-state index contributed by atoms with van der Waals surface area (Å²) in [6, 6.07) is 5.23. The summed E-state index contributed by atoms with van der Waals surface area (Å²) in [4.78, 5) is 12.9. The third kappa shape index (κ3) is 4.60. The number of likely N-dealkylation sites (N-methyl/N-ethyl adjacent to an activating group) is 1. The first-order valence-electron chi connectivity index (χ1n) is 7.46. The first kappa shape index (κ1) is 15.6. The van der Waals surface area contributed by atoms with Crippen LogP contribution in [0.4, 0.5) is 11.4 Å². The van der Waals surface area contributed by atoms with Crippen LogP contribution in [-0.2, 0) is 0 Å². The van der Waals surface area contributed by atoms with Gasteiger partial charge < -0.3 is 15.0 Å². The number of nitrogens with zero attached hydrogens (tertiary/aromatic N) is 2. The summed E-state index contributed by atoms with van der Waals surface area (Å²) in [7, 11) is 2.09. The van der Waals surface area contributed by atoms with E-state index in [1.807, 2.05) is 13.0 Å². The largest absolute Gasteiger partial charge is 0.493 e. The van der Waals surface area contributed by atoms with Crippen LogP contribution in [0.5, 0.6) is 5.75 Å². The van der Waals surface area contributed by atoms with Gasteiger partial charge in [0.15, 0.2) is 0 Å². The molecule has 1 atom stereocenters. The maximum Gasteiger partial charge on any atom is 0.275 e. The molecule has 1 aromatic carbocycles. The van der Waals surface area contributed by atoms with Crippen molar-refractivity contribution < 1.29 is 9.66 Å². The van der Waals surface area contributed by atoms with Crippen molar-refractivity contribution in [3.8, 4) is 5.75 Å². The van der Waals surface area contributed by atoms with Gasteiger partial charge in [-0.2, -0.15) is 0 Å². The number of piperidine rings is 1. The highest BCUT2D eigenvalue weighted by Crippen LogP contribution is 2.27. The third-order valence-corrected chi connectivity index (χ3v) is 3.57. The molecule has 0 radical (unpaired) electrons. The van der Waals surface area contributed by atoms with E-state index < -0.39 is 0 Å². The molecule has 1 fully saturated rings. The van der Waals surface area contributed by atoms with Gasteiger partial charge in [0.2, 0.25) is 0 Å². The molecule has 1 aliphatic heterocycles. The predicted molar refractivity (Wildman–Crippen MR) is 83.0 cm³/mol. The molecule has 0 saturated carbocycles. The van der Waals surface area contributed by atoms with Gasteiger partial charge in [0, 0.05) is 30.4 Å². The van der Waals surface area contributed by atoms with Crippen molar-refractivity contribution >= 4 is 11.4 Å². The van der Waals surface area contributed by atoms with Gasteiger partial charge in [-0.15, -0.1) is 0 Å². The molecule has 21 heavy (non-hydrogen) atoms.